The average molecular weight is 281 g/mol. The van der Waals surface area contributed by atoms with Gasteiger partial charge in [-0.2, -0.15) is 0 Å². The Kier molecular flexibility index (Phi) is 5.64. The van der Waals surface area contributed by atoms with Gasteiger partial charge < -0.3 is 14.5 Å². The first-order valence-electron chi connectivity index (χ1n) is 7.23. The molecule has 7 heteroatoms. The van der Waals surface area contributed by atoms with Crippen LogP contribution in [0.4, 0.5) is 0 Å². The maximum atomic E-state index is 11.9. The van der Waals surface area contributed by atoms with Crippen molar-refractivity contribution < 1.29 is 9.53 Å². The third kappa shape index (κ3) is 4.10. The summed E-state index contributed by atoms with van der Waals surface area (Å²) in [7, 11) is 1.72. The Balaban J connectivity index is 1.74. The van der Waals surface area contributed by atoms with E-state index >= 15 is 0 Å². The van der Waals surface area contributed by atoms with Crippen molar-refractivity contribution in [2.75, 3.05) is 53.0 Å². The minimum absolute atomic E-state index is 0.199. The van der Waals surface area contributed by atoms with Crippen LogP contribution in [-0.4, -0.2) is 68.7 Å². The molecule has 2 unspecified atom stereocenters. The summed E-state index contributed by atoms with van der Waals surface area (Å²) >= 11 is 0. The number of amides is 1. The molecular weight excluding hydrogens is 258 g/mol. The van der Waals surface area contributed by atoms with Crippen molar-refractivity contribution in [3.63, 3.8) is 0 Å². The smallest absolute Gasteiger partial charge is 0.222 e. The highest BCUT2D eigenvalue weighted by Gasteiger charge is 2.32. The lowest BCUT2D eigenvalue weighted by Crippen LogP contribution is -2.33. The lowest BCUT2D eigenvalue weighted by molar-refractivity contribution is -0.128. The van der Waals surface area contributed by atoms with Gasteiger partial charge in [0.05, 0.1) is 6.61 Å². The van der Waals surface area contributed by atoms with Crippen LogP contribution in [0.3, 0.4) is 0 Å². The van der Waals surface area contributed by atoms with Crippen LogP contribution in [0.25, 0.3) is 10.4 Å². The predicted molar refractivity (Wildman–Crippen MR) is 75.1 cm³/mol. The van der Waals surface area contributed by atoms with Crippen LogP contribution in [0, 0.1) is 11.8 Å². The summed E-state index contributed by atoms with van der Waals surface area (Å²) in [4.78, 5) is 19.1. The van der Waals surface area contributed by atoms with Gasteiger partial charge in [-0.3, -0.25) is 4.79 Å². The molecule has 0 aromatic carbocycles. The number of carbonyl (C=O) groups excluding carboxylic acids is 1. The molecule has 2 rings (SSSR count). The molecule has 0 aromatic rings. The number of hydrogen-bond donors (Lipinski definition) is 0. The third-order valence-electron chi connectivity index (χ3n) is 4.16. The van der Waals surface area contributed by atoms with Gasteiger partial charge in [-0.15, -0.1) is 0 Å². The molecule has 0 N–H and O–H groups in total. The Hall–Kier alpha value is -1.30. The summed E-state index contributed by atoms with van der Waals surface area (Å²) in [5.74, 6) is 0.969. The molecule has 112 valence electrons. The number of rotatable bonds is 7. The Morgan fingerprint density at radius 2 is 2.30 bits per heavy atom. The summed E-state index contributed by atoms with van der Waals surface area (Å²) in [6, 6.07) is 0. The number of methoxy groups -OCH3 is 1. The third-order valence-corrected chi connectivity index (χ3v) is 4.16. The minimum Gasteiger partial charge on any atom is -0.383 e. The van der Waals surface area contributed by atoms with Gasteiger partial charge in [0.1, 0.15) is 0 Å². The summed E-state index contributed by atoms with van der Waals surface area (Å²) in [5.41, 5.74) is 8.33. The summed E-state index contributed by atoms with van der Waals surface area (Å²) in [5, 5.41) is 3.58. The Morgan fingerprint density at radius 1 is 1.45 bits per heavy atom. The van der Waals surface area contributed by atoms with Crippen molar-refractivity contribution in [2.24, 2.45) is 17.0 Å². The molecule has 2 fully saturated rings. The van der Waals surface area contributed by atoms with Gasteiger partial charge in [-0.1, -0.05) is 5.11 Å². The van der Waals surface area contributed by atoms with E-state index in [9.17, 15) is 4.79 Å². The second kappa shape index (κ2) is 7.47. The van der Waals surface area contributed by atoms with Crippen LogP contribution < -0.4 is 0 Å². The normalized spacial score (nSPS) is 27.1. The lowest BCUT2D eigenvalue weighted by atomic mass is 10.1. The maximum absolute atomic E-state index is 11.9. The van der Waals surface area contributed by atoms with Gasteiger partial charge in [0.25, 0.3) is 0 Å². The van der Waals surface area contributed by atoms with Gasteiger partial charge in [-0.25, -0.2) is 0 Å². The van der Waals surface area contributed by atoms with Crippen LogP contribution in [-0.2, 0) is 9.53 Å². The number of ether oxygens (including phenoxy) is 1. The molecular formula is C13H23N5O2. The van der Waals surface area contributed by atoms with E-state index in [-0.39, 0.29) is 11.8 Å². The second-order valence-electron chi connectivity index (χ2n) is 5.73. The van der Waals surface area contributed by atoms with Gasteiger partial charge in [0.2, 0.25) is 5.91 Å². The van der Waals surface area contributed by atoms with Gasteiger partial charge in [-0.05, 0) is 30.3 Å². The molecule has 2 aliphatic heterocycles. The van der Waals surface area contributed by atoms with Crippen molar-refractivity contribution in [3.05, 3.63) is 10.4 Å². The second-order valence-corrected chi connectivity index (χ2v) is 5.73. The zero-order chi connectivity index (χ0) is 14.4. The quantitative estimate of drug-likeness (QED) is 0.398. The van der Waals surface area contributed by atoms with Crippen LogP contribution in [0.2, 0.25) is 0 Å². The van der Waals surface area contributed by atoms with Crippen molar-refractivity contribution in [1.29, 1.82) is 0 Å². The Bertz CT molecular complexity index is 383. The number of likely N-dealkylation sites (tertiary alicyclic amines) is 2. The summed E-state index contributed by atoms with van der Waals surface area (Å²) < 4.78 is 5.10. The molecule has 0 radical (unpaired) electrons. The number of hydrogen-bond acceptors (Lipinski definition) is 4. The lowest BCUT2D eigenvalue weighted by Gasteiger charge is -2.21. The van der Waals surface area contributed by atoms with Crippen LogP contribution in [0.15, 0.2) is 5.11 Å². The van der Waals surface area contributed by atoms with E-state index in [0.29, 0.717) is 18.9 Å². The van der Waals surface area contributed by atoms with E-state index in [1.165, 1.54) is 0 Å². The van der Waals surface area contributed by atoms with E-state index in [4.69, 9.17) is 10.3 Å². The zero-order valence-electron chi connectivity index (χ0n) is 12.1. The fourth-order valence-electron chi connectivity index (χ4n) is 3.10. The average Bonchev–Trinajstić information content (AvgIpc) is 3.02. The molecule has 7 nitrogen and oxygen atoms in total. The van der Waals surface area contributed by atoms with E-state index < -0.39 is 0 Å². The van der Waals surface area contributed by atoms with Gasteiger partial charge in [0.15, 0.2) is 0 Å². The Morgan fingerprint density at radius 3 is 3.05 bits per heavy atom. The molecule has 20 heavy (non-hydrogen) atoms. The topological polar surface area (TPSA) is 81.5 Å². The summed E-state index contributed by atoms with van der Waals surface area (Å²) in [6.07, 6.45) is 1.67. The summed E-state index contributed by atoms with van der Waals surface area (Å²) in [6.45, 7) is 5.90. The van der Waals surface area contributed by atoms with Crippen LogP contribution in [0.1, 0.15) is 12.8 Å². The molecule has 2 aliphatic rings. The van der Waals surface area contributed by atoms with Crippen LogP contribution >= 0.6 is 0 Å². The van der Waals surface area contributed by atoms with E-state index in [0.717, 1.165) is 45.8 Å². The molecule has 2 heterocycles. The van der Waals surface area contributed by atoms with Crippen molar-refractivity contribution in [1.82, 2.24) is 9.80 Å². The van der Waals surface area contributed by atoms with E-state index in [2.05, 4.69) is 14.9 Å². The fourth-order valence-corrected chi connectivity index (χ4v) is 3.10. The molecule has 2 atom stereocenters. The van der Waals surface area contributed by atoms with E-state index in [1.807, 2.05) is 4.90 Å². The zero-order valence-corrected chi connectivity index (χ0v) is 12.1. The first-order chi connectivity index (χ1) is 9.72. The first-order valence-corrected chi connectivity index (χ1v) is 7.23. The van der Waals surface area contributed by atoms with Gasteiger partial charge >= 0.3 is 0 Å². The first kappa shape index (κ1) is 15.1. The van der Waals surface area contributed by atoms with E-state index in [1.54, 1.807) is 7.11 Å². The highest BCUT2D eigenvalue weighted by Crippen LogP contribution is 2.23. The van der Waals surface area contributed by atoms with Crippen LogP contribution in [0.5, 0.6) is 0 Å². The predicted octanol–water partition coefficient (Wildman–Crippen LogP) is 1.11. The monoisotopic (exact) mass is 281 g/mol. The SMILES string of the molecule is COCCN1CCC(CN2CC(CN=[N+]=[N-])CC2=O)C1. The molecule has 0 saturated carbocycles. The number of carbonyl (C=O) groups is 1. The molecule has 1 amide bonds. The highest BCUT2D eigenvalue weighted by atomic mass is 16.5. The largest absolute Gasteiger partial charge is 0.383 e. The van der Waals surface area contributed by atoms with Crippen molar-refractivity contribution in [3.8, 4) is 0 Å². The van der Waals surface area contributed by atoms with Crippen molar-refractivity contribution in [2.45, 2.75) is 12.8 Å². The molecule has 0 aliphatic carbocycles. The molecule has 0 bridgehead atoms. The number of nitrogens with zero attached hydrogens (tertiary/aromatic N) is 5. The Labute approximate surface area is 119 Å². The van der Waals surface area contributed by atoms with Gasteiger partial charge in [0, 0.05) is 51.2 Å². The molecule has 0 aromatic heterocycles. The van der Waals surface area contributed by atoms with Crippen molar-refractivity contribution >= 4 is 5.91 Å². The highest BCUT2D eigenvalue weighted by molar-refractivity contribution is 5.78. The molecule has 0 spiro atoms. The maximum Gasteiger partial charge on any atom is 0.222 e. The minimum atomic E-state index is 0.199. The fraction of sp³-hybridized carbons (Fsp3) is 0.923. The molecule has 2 saturated heterocycles. The standard InChI is InChI=1S/C13H23N5O2/c1-20-5-4-17-3-2-11(8-17)9-18-10-12(6-13(18)19)7-15-16-14/h11-12H,2-10H2,1H3. The number of azide groups is 1.